The van der Waals surface area contributed by atoms with Crippen LogP contribution < -0.4 is 5.32 Å². The number of hydrogen-bond acceptors (Lipinski definition) is 6. The van der Waals surface area contributed by atoms with Gasteiger partial charge in [-0.05, 0) is 36.2 Å². The predicted molar refractivity (Wildman–Crippen MR) is 119 cm³/mol. The van der Waals surface area contributed by atoms with Crippen molar-refractivity contribution in [2.45, 2.75) is 32.4 Å². The van der Waals surface area contributed by atoms with Crippen molar-refractivity contribution in [3.63, 3.8) is 0 Å². The number of benzene rings is 2. The molecular formula is C21H22BrN3O4S. The maximum atomic E-state index is 12.6. The van der Waals surface area contributed by atoms with Crippen molar-refractivity contribution in [1.29, 1.82) is 0 Å². The average Bonchev–Trinajstić information content (AvgIpc) is 3.12. The van der Waals surface area contributed by atoms with Gasteiger partial charge in [0.25, 0.3) is 5.89 Å². The summed E-state index contributed by atoms with van der Waals surface area (Å²) in [4.78, 5) is 16.9. The van der Waals surface area contributed by atoms with E-state index in [1.807, 2.05) is 39.0 Å². The first-order valence-corrected chi connectivity index (χ1v) is 11.9. The molecule has 0 aliphatic heterocycles. The van der Waals surface area contributed by atoms with Gasteiger partial charge in [0.05, 0.1) is 17.0 Å². The molecule has 1 N–H and O–H groups in total. The average molecular weight is 492 g/mol. The van der Waals surface area contributed by atoms with Crippen LogP contribution in [-0.4, -0.2) is 30.2 Å². The van der Waals surface area contributed by atoms with Crippen molar-refractivity contribution < 1.29 is 17.7 Å². The topological polar surface area (TPSA) is 102 Å². The molecule has 0 fully saturated rings. The molecule has 0 spiro atoms. The maximum absolute atomic E-state index is 12.6. The summed E-state index contributed by atoms with van der Waals surface area (Å²) >= 11 is 3.32. The molecule has 0 aliphatic rings. The molecule has 0 unspecified atom stereocenters. The van der Waals surface area contributed by atoms with Crippen LogP contribution in [-0.2, 0) is 20.4 Å². The number of anilines is 1. The van der Waals surface area contributed by atoms with E-state index < -0.39 is 21.5 Å². The summed E-state index contributed by atoms with van der Waals surface area (Å²) < 4.78 is 31.2. The highest BCUT2D eigenvalue weighted by molar-refractivity contribution is 9.10. The normalized spacial score (nSPS) is 11.6. The lowest BCUT2D eigenvalue weighted by molar-refractivity contribution is -0.113. The van der Waals surface area contributed by atoms with E-state index in [9.17, 15) is 13.2 Å². The van der Waals surface area contributed by atoms with E-state index in [0.717, 1.165) is 10.0 Å². The summed E-state index contributed by atoms with van der Waals surface area (Å²) in [6.45, 7) is 5.71. The molecule has 0 saturated carbocycles. The first-order valence-electron chi connectivity index (χ1n) is 9.33. The van der Waals surface area contributed by atoms with E-state index in [4.69, 9.17) is 4.52 Å². The molecule has 0 bridgehead atoms. The number of halogens is 1. The van der Waals surface area contributed by atoms with Gasteiger partial charge in [0.1, 0.15) is 5.75 Å². The lowest BCUT2D eigenvalue weighted by Gasteiger charge is -2.12. The Labute approximate surface area is 183 Å². The summed E-state index contributed by atoms with van der Waals surface area (Å²) in [7, 11) is -3.65. The number of amides is 1. The largest absolute Gasteiger partial charge is 0.334 e. The Morgan fingerprint density at radius 1 is 1.20 bits per heavy atom. The van der Waals surface area contributed by atoms with Gasteiger partial charge in [-0.1, -0.05) is 59.2 Å². The minimum Gasteiger partial charge on any atom is -0.334 e. The van der Waals surface area contributed by atoms with E-state index in [1.165, 1.54) is 0 Å². The molecule has 2 aromatic carbocycles. The monoisotopic (exact) mass is 491 g/mol. The zero-order chi connectivity index (χ0) is 21.9. The van der Waals surface area contributed by atoms with Crippen molar-refractivity contribution in [2.24, 2.45) is 0 Å². The maximum Gasteiger partial charge on any atom is 0.260 e. The highest BCUT2D eigenvalue weighted by atomic mass is 79.9. The number of nitrogens with one attached hydrogen (secondary N) is 1. The Morgan fingerprint density at radius 2 is 1.93 bits per heavy atom. The van der Waals surface area contributed by atoms with Crippen molar-refractivity contribution in [3.8, 4) is 11.5 Å². The molecule has 158 valence electrons. The fraction of sp³-hybridized carbons (Fsp3) is 0.286. The van der Waals surface area contributed by atoms with Crippen molar-refractivity contribution in [3.05, 3.63) is 63.9 Å². The summed E-state index contributed by atoms with van der Waals surface area (Å²) in [5.74, 6) is -0.552. The second kappa shape index (κ2) is 9.09. The third-order valence-electron chi connectivity index (χ3n) is 4.35. The molecule has 0 aliphatic carbocycles. The number of nitrogens with zero attached hydrogens (tertiary/aromatic N) is 2. The Hall–Kier alpha value is -2.52. The van der Waals surface area contributed by atoms with Crippen LogP contribution in [0, 0.1) is 6.92 Å². The van der Waals surface area contributed by atoms with E-state index in [1.54, 1.807) is 24.3 Å². The zero-order valence-electron chi connectivity index (χ0n) is 16.8. The molecule has 1 aromatic heterocycles. The fourth-order valence-electron chi connectivity index (χ4n) is 2.90. The van der Waals surface area contributed by atoms with E-state index in [-0.39, 0.29) is 17.6 Å². The molecule has 1 heterocycles. The molecule has 30 heavy (non-hydrogen) atoms. The summed E-state index contributed by atoms with van der Waals surface area (Å²) in [6, 6.07) is 12.4. The molecule has 0 saturated heterocycles. The number of carbonyl (C=O) groups is 1. The van der Waals surface area contributed by atoms with Gasteiger partial charge in [0.2, 0.25) is 5.91 Å². The smallest absolute Gasteiger partial charge is 0.260 e. The molecular weight excluding hydrogens is 470 g/mol. The lowest BCUT2D eigenvalue weighted by atomic mass is 10.1. The predicted octanol–water partition coefficient (Wildman–Crippen LogP) is 4.48. The minimum atomic E-state index is -3.65. The number of carbonyl (C=O) groups excluding carboxylic acids is 1. The van der Waals surface area contributed by atoms with Crippen LogP contribution in [0.15, 0.2) is 51.5 Å². The molecule has 7 nitrogen and oxygen atoms in total. The molecule has 0 radical (unpaired) electrons. The highest BCUT2D eigenvalue weighted by Gasteiger charge is 2.21. The van der Waals surface area contributed by atoms with Crippen LogP contribution in [0.3, 0.4) is 0 Å². The first-order chi connectivity index (χ1) is 14.1. The third-order valence-corrected chi connectivity index (χ3v) is 6.32. The quantitative estimate of drug-likeness (QED) is 0.522. The van der Waals surface area contributed by atoms with Crippen molar-refractivity contribution in [1.82, 2.24) is 10.1 Å². The number of sulfone groups is 1. The SMILES string of the molecule is Cc1cccc(-c2nc(C(C)C)no2)c1NC(=O)CS(=O)(=O)Cc1cccc(Br)c1. The van der Waals surface area contributed by atoms with Crippen LogP contribution in [0.4, 0.5) is 5.69 Å². The number of hydrogen-bond donors (Lipinski definition) is 1. The summed E-state index contributed by atoms with van der Waals surface area (Å²) in [5.41, 5.74) is 2.38. The van der Waals surface area contributed by atoms with E-state index in [2.05, 4.69) is 31.4 Å². The number of aromatic nitrogens is 2. The van der Waals surface area contributed by atoms with Crippen LogP contribution in [0.1, 0.15) is 36.7 Å². The molecule has 1 amide bonds. The number of aryl methyl sites for hydroxylation is 1. The first kappa shape index (κ1) is 22.2. The van der Waals surface area contributed by atoms with Crippen LogP contribution in [0.2, 0.25) is 0 Å². The van der Waals surface area contributed by atoms with Crippen LogP contribution in [0.25, 0.3) is 11.5 Å². The van der Waals surface area contributed by atoms with Gasteiger partial charge in [-0.15, -0.1) is 0 Å². The lowest BCUT2D eigenvalue weighted by Crippen LogP contribution is -2.24. The van der Waals surface area contributed by atoms with E-state index >= 15 is 0 Å². The molecule has 9 heteroatoms. The zero-order valence-corrected chi connectivity index (χ0v) is 19.2. The van der Waals surface area contributed by atoms with Gasteiger partial charge >= 0.3 is 0 Å². The Kier molecular flexibility index (Phi) is 6.72. The van der Waals surface area contributed by atoms with E-state index in [0.29, 0.717) is 22.6 Å². The second-order valence-corrected chi connectivity index (χ2v) is 10.3. The molecule has 3 aromatic rings. The molecule has 3 rings (SSSR count). The number of para-hydroxylation sites is 1. The van der Waals surface area contributed by atoms with Crippen LogP contribution in [0.5, 0.6) is 0 Å². The summed E-state index contributed by atoms with van der Waals surface area (Å²) in [6.07, 6.45) is 0. The van der Waals surface area contributed by atoms with Crippen molar-refractivity contribution in [2.75, 3.05) is 11.1 Å². The fourth-order valence-corrected chi connectivity index (χ4v) is 4.61. The van der Waals surface area contributed by atoms with Gasteiger partial charge in [0, 0.05) is 10.4 Å². The van der Waals surface area contributed by atoms with Gasteiger partial charge in [-0.2, -0.15) is 4.98 Å². The Balaban J connectivity index is 1.79. The van der Waals surface area contributed by atoms with Crippen molar-refractivity contribution >= 4 is 37.4 Å². The number of rotatable bonds is 7. The summed E-state index contributed by atoms with van der Waals surface area (Å²) in [5, 5.41) is 6.67. The van der Waals surface area contributed by atoms with Gasteiger partial charge < -0.3 is 9.84 Å². The molecule has 0 atom stereocenters. The van der Waals surface area contributed by atoms with Gasteiger partial charge in [-0.25, -0.2) is 8.42 Å². The van der Waals surface area contributed by atoms with Gasteiger partial charge in [-0.3, -0.25) is 4.79 Å². The third kappa shape index (κ3) is 5.54. The van der Waals surface area contributed by atoms with Gasteiger partial charge in [0.15, 0.2) is 15.7 Å². The minimum absolute atomic E-state index is 0.0912. The Bertz CT molecular complexity index is 1170. The second-order valence-electron chi connectivity index (χ2n) is 7.32. The Morgan fingerprint density at radius 3 is 2.60 bits per heavy atom. The van der Waals surface area contributed by atoms with Crippen LogP contribution >= 0.6 is 15.9 Å². The highest BCUT2D eigenvalue weighted by Crippen LogP contribution is 2.30. The standard InChI is InChI=1S/C21H22BrN3O4S/c1-13(2)20-24-21(29-25-20)17-9-4-6-14(3)19(17)23-18(26)12-30(27,28)11-15-7-5-8-16(22)10-15/h4-10,13H,11-12H2,1-3H3,(H,23,26).